The maximum absolute atomic E-state index is 4.52. The summed E-state index contributed by atoms with van der Waals surface area (Å²) in [7, 11) is 0. The summed E-state index contributed by atoms with van der Waals surface area (Å²) in [6.07, 6.45) is 3.07. The summed E-state index contributed by atoms with van der Waals surface area (Å²) >= 11 is 1.83. The van der Waals surface area contributed by atoms with E-state index in [2.05, 4.69) is 38.6 Å². The molecule has 0 amide bonds. The maximum Gasteiger partial charge on any atom is 0.244 e. The molecule has 0 aromatic carbocycles. The summed E-state index contributed by atoms with van der Waals surface area (Å²) in [4.78, 5) is 6.76. The number of H-pyrrole nitrogens is 1. The Balaban J connectivity index is 1.95. The van der Waals surface area contributed by atoms with Gasteiger partial charge in [-0.25, -0.2) is 0 Å². The van der Waals surface area contributed by atoms with Gasteiger partial charge in [-0.05, 0) is 13.2 Å². The maximum atomic E-state index is 4.52. The molecule has 0 aliphatic carbocycles. The molecule has 6 heteroatoms. The highest BCUT2D eigenvalue weighted by Gasteiger charge is 2.18. The first-order valence-corrected chi connectivity index (χ1v) is 7.07. The third kappa shape index (κ3) is 2.89. The first-order chi connectivity index (χ1) is 7.79. The predicted molar refractivity (Wildman–Crippen MR) is 68.1 cm³/mol. The van der Waals surface area contributed by atoms with Gasteiger partial charge in [0.05, 0.1) is 0 Å². The highest BCUT2D eigenvalue weighted by molar-refractivity contribution is 7.98. The number of aryl methyl sites for hydroxylation is 1. The molecule has 1 atom stereocenters. The van der Waals surface area contributed by atoms with E-state index in [0.29, 0.717) is 6.04 Å². The van der Waals surface area contributed by atoms with Gasteiger partial charge in [0.25, 0.3) is 0 Å². The second-order valence-corrected chi connectivity index (χ2v) is 5.11. The third-order valence-electron chi connectivity index (χ3n) is 2.71. The first kappa shape index (κ1) is 11.7. The smallest absolute Gasteiger partial charge is 0.244 e. The zero-order valence-electron chi connectivity index (χ0n) is 9.86. The molecule has 1 aliphatic rings. The van der Waals surface area contributed by atoms with E-state index in [0.717, 1.165) is 43.6 Å². The van der Waals surface area contributed by atoms with Crippen molar-refractivity contribution in [2.45, 2.75) is 19.4 Å². The van der Waals surface area contributed by atoms with Gasteiger partial charge in [-0.2, -0.15) is 16.7 Å². The van der Waals surface area contributed by atoms with Crippen molar-refractivity contribution < 1.29 is 0 Å². The van der Waals surface area contributed by atoms with E-state index in [-0.39, 0.29) is 0 Å². The molecule has 1 unspecified atom stereocenters. The lowest BCUT2D eigenvalue weighted by Gasteiger charge is -2.30. The normalized spacial score (nSPS) is 21.4. The van der Waals surface area contributed by atoms with Crippen LogP contribution >= 0.6 is 11.8 Å². The highest BCUT2D eigenvalue weighted by Crippen LogP contribution is 2.10. The van der Waals surface area contributed by atoms with Gasteiger partial charge in [0.2, 0.25) is 5.95 Å². The summed E-state index contributed by atoms with van der Waals surface area (Å²) in [6.45, 7) is 5.17. The number of piperazine rings is 1. The fraction of sp³-hybridized carbons (Fsp3) is 0.800. The SMILES string of the molecule is CSCCc1nc(N2CCNC(C)C2)n[nH]1. The Morgan fingerprint density at radius 3 is 3.19 bits per heavy atom. The molecule has 16 heavy (non-hydrogen) atoms. The van der Waals surface area contributed by atoms with Crippen molar-refractivity contribution in [3.8, 4) is 0 Å². The van der Waals surface area contributed by atoms with Crippen molar-refractivity contribution in [3.63, 3.8) is 0 Å². The molecule has 0 bridgehead atoms. The van der Waals surface area contributed by atoms with Gasteiger partial charge < -0.3 is 10.2 Å². The number of thioether (sulfide) groups is 1. The van der Waals surface area contributed by atoms with Crippen LogP contribution in [0.5, 0.6) is 0 Å². The number of aromatic amines is 1. The van der Waals surface area contributed by atoms with Crippen molar-refractivity contribution in [1.82, 2.24) is 20.5 Å². The molecule has 2 rings (SSSR count). The fourth-order valence-corrected chi connectivity index (χ4v) is 2.25. The number of nitrogens with zero attached hydrogens (tertiary/aromatic N) is 3. The van der Waals surface area contributed by atoms with Crippen LogP contribution in [-0.2, 0) is 6.42 Å². The van der Waals surface area contributed by atoms with Crippen LogP contribution in [0.3, 0.4) is 0 Å². The summed E-state index contributed by atoms with van der Waals surface area (Å²) in [5.74, 6) is 2.94. The number of hydrogen-bond acceptors (Lipinski definition) is 5. The molecule has 1 aromatic heterocycles. The van der Waals surface area contributed by atoms with E-state index in [1.54, 1.807) is 0 Å². The van der Waals surface area contributed by atoms with E-state index in [1.165, 1.54) is 0 Å². The van der Waals surface area contributed by atoms with Crippen LogP contribution in [0.1, 0.15) is 12.7 Å². The number of nitrogens with one attached hydrogen (secondary N) is 2. The van der Waals surface area contributed by atoms with Gasteiger partial charge in [0.15, 0.2) is 0 Å². The summed E-state index contributed by atoms with van der Waals surface area (Å²) in [5, 5.41) is 10.7. The first-order valence-electron chi connectivity index (χ1n) is 5.68. The van der Waals surface area contributed by atoms with Crippen LogP contribution in [0.4, 0.5) is 5.95 Å². The second kappa shape index (κ2) is 5.54. The van der Waals surface area contributed by atoms with Gasteiger partial charge in [-0.1, -0.05) is 0 Å². The van der Waals surface area contributed by atoms with Gasteiger partial charge in [-0.15, -0.1) is 5.10 Å². The lowest BCUT2D eigenvalue weighted by molar-refractivity contribution is 0.480. The molecule has 2 N–H and O–H groups in total. The Hall–Kier alpha value is -0.750. The Morgan fingerprint density at radius 2 is 2.44 bits per heavy atom. The minimum Gasteiger partial charge on any atom is -0.337 e. The molecular weight excluding hydrogens is 222 g/mol. The molecule has 1 fully saturated rings. The van der Waals surface area contributed by atoms with E-state index < -0.39 is 0 Å². The monoisotopic (exact) mass is 241 g/mol. The van der Waals surface area contributed by atoms with Crippen LogP contribution in [0.2, 0.25) is 0 Å². The van der Waals surface area contributed by atoms with E-state index in [4.69, 9.17) is 0 Å². The van der Waals surface area contributed by atoms with Gasteiger partial charge in [0, 0.05) is 37.8 Å². The molecule has 2 heterocycles. The molecule has 0 radical (unpaired) electrons. The molecule has 90 valence electrons. The molecule has 5 nitrogen and oxygen atoms in total. The molecule has 0 saturated carbocycles. The van der Waals surface area contributed by atoms with Crippen molar-refractivity contribution in [1.29, 1.82) is 0 Å². The summed E-state index contributed by atoms with van der Waals surface area (Å²) < 4.78 is 0. The number of anilines is 1. The topological polar surface area (TPSA) is 56.8 Å². The van der Waals surface area contributed by atoms with Crippen LogP contribution in [0, 0.1) is 0 Å². The van der Waals surface area contributed by atoms with E-state index >= 15 is 0 Å². The lowest BCUT2D eigenvalue weighted by atomic mass is 10.2. The molecule has 0 spiro atoms. The summed E-state index contributed by atoms with van der Waals surface area (Å²) in [6, 6.07) is 0.516. The molecule has 1 aromatic rings. The van der Waals surface area contributed by atoms with Crippen molar-refractivity contribution in [2.24, 2.45) is 0 Å². The van der Waals surface area contributed by atoms with Crippen molar-refractivity contribution in [3.05, 3.63) is 5.82 Å². The van der Waals surface area contributed by atoms with Gasteiger partial charge in [0.1, 0.15) is 5.82 Å². The van der Waals surface area contributed by atoms with E-state index in [9.17, 15) is 0 Å². The van der Waals surface area contributed by atoms with Crippen LogP contribution in [0.25, 0.3) is 0 Å². The van der Waals surface area contributed by atoms with E-state index in [1.807, 2.05) is 11.8 Å². The number of aromatic nitrogens is 3. The molecule has 1 saturated heterocycles. The zero-order chi connectivity index (χ0) is 11.4. The molecular formula is C10H19N5S. The third-order valence-corrected chi connectivity index (χ3v) is 3.33. The average Bonchev–Trinajstić information content (AvgIpc) is 2.75. The van der Waals surface area contributed by atoms with Crippen LogP contribution in [0.15, 0.2) is 0 Å². The Labute approximate surface area is 100 Å². The number of rotatable bonds is 4. The Morgan fingerprint density at radius 1 is 1.56 bits per heavy atom. The predicted octanol–water partition coefficient (Wildman–Crippen LogP) is 0.508. The Bertz CT molecular complexity index is 327. The minimum absolute atomic E-state index is 0.516. The van der Waals surface area contributed by atoms with Gasteiger partial charge >= 0.3 is 0 Å². The fourth-order valence-electron chi connectivity index (χ4n) is 1.85. The van der Waals surface area contributed by atoms with Crippen molar-refractivity contribution in [2.75, 3.05) is 36.5 Å². The second-order valence-electron chi connectivity index (χ2n) is 4.13. The number of hydrogen-bond donors (Lipinski definition) is 2. The minimum atomic E-state index is 0.516. The quantitative estimate of drug-likeness (QED) is 0.804. The Kier molecular flexibility index (Phi) is 4.06. The van der Waals surface area contributed by atoms with Gasteiger partial charge in [-0.3, -0.25) is 5.10 Å². The van der Waals surface area contributed by atoms with Crippen molar-refractivity contribution >= 4 is 17.7 Å². The zero-order valence-corrected chi connectivity index (χ0v) is 10.7. The summed E-state index contributed by atoms with van der Waals surface area (Å²) in [5.41, 5.74) is 0. The largest absolute Gasteiger partial charge is 0.337 e. The van der Waals surface area contributed by atoms with Crippen LogP contribution in [-0.4, -0.2) is 52.9 Å². The average molecular weight is 241 g/mol. The molecule has 1 aliphatic heterocycles. The standard InChI is InChI=1S/C10H19N5S/c1-8-7-15(5-4-11-8)10-12-9(13-14-10)3-6-16-2/h8,11H,3-7H2,1-2H3,(H,12,13,14). The van der Waals surface area contributed by atoms with Crippen LogP contribution < -0.4 is 10.2 Å². The lowest BCUT2D eigenvalue weighted by Crippen LogP contribution is -2.49. The highest BCUT2D eigenvalue weighted by atomic mass is 32.2.